The molecule has 0 unspecified atom stereocenters. The summed E-state index contributed by atoms with van der Waals surface area (Å²) >= 11 is 5.85. The van der Waals surface area contributed by atoms with Gasteiger partial charge in [-0.25, -0.2) is 4.98 Å². The number of rotatable bonds is 1. The molecule has 0 aliphatic carbocycles. The fourth-order valence-corrected chi connectivity index (χ4v) is 1.24. The van der Waals surface area contributed by atoms with Gasteiger partial charge in [-0.05, 0) is 12.8 Å². The van der Waals surface area contributed by atoms with E-state index in [9.17, 15) is 0 Å². The molecule has 0 saturated carbocycles. The average Bonchev–Trinajstić information content (AvgIpc) is 1.85. The minimum atomic E-state index is 0.343. The second-order valence-corrected chi connectivity index (χ2v) is 3.20. The fraction of sp³-hybridized carbons (Fsp3) is 0.500. The Balaban J connectivity index is 3.09. The molecule has 0 bridgehead atoms. The van der Waals surface area contributed by atoms with Crippen LogP contribution in [0.5, 0.6) is 0 Å². The first-order valence-corrected chi connectivity index (χ1v) is 3.98. The first-order valence-electron chi connectivity index (χ1n) is 3.60. The molecular formula is C8H11ClN2. The van der Waals surface area contributed by atoms with Crippen LogP contribution >= 0.6 is 11.6 Å². The zero-order chi connectivity index (χ0) is 8.43. The van der Waals surface area contributed by atoms with Crippen molar-refractivity contribution in [3.05, 3.63) is 22.7 Å². The minimum absolute atomic E-state index is 0.343. The smallest absolute Gasteiger partial charge is 0.151 e. The number of hydrogen-bond acceptors (Lipinski definition) is 2. The van der Waals surface area contributed by atoms with Gasteiger partial charge >= 0.3 is 0 Å². The van der Waals surface area contributed by atoms with Gasteiger partial charge in [0.15, 0.2) is 5.15 Å². The molecule has 1 heterocycles. The quantitative estimate of drug-likeness (QED) is 0.648. The van der Waals surface area contributed by atoms with Crippen molar-refractivity contribution < 1.29 is 0 Å². The lowest BCUT2D eigenvalue weighted by atomic mass is 10.1. The monoisotopic (exact) mass is 170 g/mol. The zero-order valence-electron chi connectivity index (χ0n) is 6.93. The SMILES string of the molecule is Cc1cnc(C(C)C)c(Cl)n1. The van der Waals surface area contributed by atoms with Gasteiger partial charge in [-0.3, -0.25) is 4.98 Å². The summed E-state index contributed by atoms with van der Waals surface area (Å²) in [4.78, 5) is 8.28. The van der Waals surface area contributed by atoms with Gasteiger partial charge in [0.25, 0.3) is 0 Å². The van der Waals surface area contributed by atoms with E-state index in [2.05, 4.69) is 9.97 Å². The Kier molecular flexibility index (Phi) is 2.45. The molecule has 0 aliphatic rings. The van der Waals surface area contributed by atoms with E-state index in [1.54, 1.807) is 6.20 Å². The molecule has 0 saturated heterocycles. The van der Waals surface area contributed by atoms with Gasteiger partial charge in [0.05, 0.1) is 11.4 Å². The van der Waals surface area contributed by atoms with E-state index in [0.717, 1.165) is 11.4 Å². The van der Waals surface area contributed by atoms with Gasteiger partial charge in [-0.2, -0.15) is 0 Å². The Labute approximate surface area is 71.6 Å². The Bertz CT molecular complexity index is 258. The third-order valence-corrected chi connectivity index (χ3v) is 1.70. The van der Waals surface area contributed by atoms with Crippen molar-refractivity contribution in [3.8, 4) is 0 Å². The van der Waals surface area contributed by atoms with Gasteiger partial charge in [-0.15, -0.1) is 0 Å². The van der Waals surface area contributed by atoms with Crippen molar-refractivity contribution in [2.45, 2.75) is 26.7 Å². The van der Waals surface area contributed by atoms with E-state index in [1.165, 1.54) is 0 Å². The first kappa shape index (κ1) is 8.47. The maximum absolute atomic E-state index is 5.85. The van der Waals surface area contributed by atoms with Gasteiger partial charge in [0.1, 0.15) is 0 Å². The number of hydrogen-bond donors (Lipinski definition) is 0. The van der Waals surface area contributed by atoms with Crippen molar-refractivity contribution in [2.75, 3.05) is 0 Å². The van der Waals surface area contributed by atoms with Crippen molar-refractivity contribution in [1.29, 1.82) is 0 Å². The predicted molar refractivity (Wildman–Crippen MR) is 45.9 cm³/mol. The molecule has 0 N–H and O–H groups in total. The maximum atomic E-state index is 5.85. The van der Waals surface area contributed by atoms with E-state index >= 15 is 0 Å². The molecule has 0 atom stereocenters. The molecular weight excluding hydrogens is 160 g/mol. The Morgan fingerprint density at radius 2 is 2.09 bits per heavy atom. The average molecular weight is 171 g/mol. The second kappa shape index (κ2) is 3.18. The predicted octanol–water partition coefficient (Wildman–Crippen LogP) is 2.56. The van der Waals surface area contributed by atoms with E-state index in [-0.39, 0.29) is 0 Å². The molecule has 0 radical (unpaired) electrons. The van der Waals surface area contributed by atoms with Crippen LogP contribution in [-0.2, 0) is 0 Å². The van der Waals surface area contributed by atoms with Crippen molar-refractivity contribution in [1.82, 2.24) is 9.97 Å². The fourth-order valence-electron chi connectivity index (χ4n) is 0.844. The van der Waals surface area contributed by atoms with Crippen LogP contribution in [0.15, 0.2) is 6.20 Å². The molecule has 0 fully saturated rings. The number of halogens is 1. The lowest BCUT2D eigenvalue weighted by molar-refractivity contribution is 0.807. The minimum Gasteiger partial charge on any atom is -0.256 e. The molecule has 3 heteroatoms. The highest BCUT2D eigenvalue weighted by Gasteiger charge is 2.06. The second-order valence-electron chi connectivity index (χ2n) is 2.84. The number of aromatic nitrogens is 2. The number of nitrogens with zero attached hydrogens (tertiary/aromatic N) is 2. The molecule has 0 amide bonds. The van der Waals surface area contributed by atoms with Crippen LogP contribution in [0.3, 0.4) is 0 Å². The van der Waals surface area contributed by atoms with E-state index in [1.807, 2.05) is 20.8 Å². The lowest BCUT2D eigenvalue weighted by Gasteiger charge is -2.05. The lowest BCUT2D eigenvalue weighted by Crippen LogP contribution is -1.97. The summed E-state index contributed by atoms with van der Waals surface area (Å²) in [5.41, 5.74) is 1.73. The van der Waals surface area contributed by atoms with Crippen LogP contribution in [0, 0.1) is 6.92 Å². The highest BCUT2D eigenvalue weighted by Crippen LogP contribution is 2.18. The molecule has 11 heavy (non-hydrogen) atoms. The summed E-state index contributed by atoms with van der Waals surface area (Å²) < 4.78 is 0. The van der Waals surface area contributed by atoms with Crippen LogP contribution in [0.25, 0.3) is 0 Å². The van der Waals surface area contributed by atoms with Crippen LogP contribution in [0.1, 0.15) is 31.2 Å². The van der Waals surface area contributed by atoms with Crippen LogP contribution < -0.4 is 0 Å². The summed E-state index contributed by atoms with van der Waals surface area (Å²) in [5.74, 6) is 0.343. The Morgan fingerprint density at radius 1 is 1.45 bits per heavy atom. The summed E-state index contributed by atoms with van der Waals surface area (Å²) in [6.45, 7) is 5.97. The van der Waals surface area contributed by atoms with Crippen molar-refractivity contribution in [3.63, 3.8) is 0 Å². The third kappa shape index (κ3) is 1.90. The van der Waals surface area contributed by atoms with Crippen LogP contribution in [0.4, 0.5) is 0 Å². The Hall–Kier alpha value is -0.630. The van der Waals surface area contributed by atoms with Gasteiger partial charge in [0, 0.05) is 6.20 Å². The number of aryl methyl sites for hydroxylation is 1. The summed E-state index contributed by atoms with van der Waals surface area (Å²) in [7, 11) is 0. The zero-order valence-corrected chi connectivity index (χ0v) is 7.68. The standard InChI is InChI=1S/C8H11ClN2/c1-5(2)7-8(9)11-6(3)4-10-7/h4-5H,1-3H3. The highest BCUT2D eigenvalue weighted by atomic mass is 35.5. The molecule has 1 aromatic rings. The van der Waals surface area contributed by atoms with Crippen LogP contribution in [0.2, 0.25) is 5.15 Å². The van der Waals surface area contributed by atoms with E-state index in [0.29, 0.717) is 11.1 Å². The van der Waals surface area contributed by atoms with Gasteiger partial charge in [0.2, 0.25) is 0 Å². The van der Waals surface area contributed by atoms with Gasteiger partial charge < -0.3 is 0 Å². The van der Waals surface area contributed by atoms with Crippen molar-refractivity contribution in [2.24, 2.45) is 0 Å². The molecule has 1 aromatic heterocycles. The van der Waals surface area contributed by atoms with E-state index < -0.39 is 0 Å². The molecule has 2 nitrogen and oxygen atoms in total. The molecule has 0 spiro atoms. The largest absolute Gasteiger partial charge is 0.256 e. The maximum Gasteiger partial charge on any atom is 0.151 e. The Morgan fingerprint density at radius 3 is 2.55 bits per heavy atom. The molecule has 60 valence electrons. The van der Waals surface area contributed by atoms with E-state index in [4.69, 9.17) is 11.6 Å². The third-order valence-electron chi connectivity index (χ3n) is 1.42. The first-order chi connectivity index (χ1) is 5.11. The molecule has 0 aromatic carbocycles. The normalized spacial score (nSPS) is 10.6. The summed E-state index contributed by atoms with van der Waals surface area (Å²) in [5, 5.41) is 0.528. The van der Waals surface area contributed by atoms with Crippen molar-refractivity contribution >= 4 is 11.6 Å². The summed E-state index contributed by atoms with van der Waals surface area (Å²) in [6.07, 6.45) is 1.74. The topological polar surface area (TPSA) is 25.8 Å². The highest BCUT2D eigenvalue weighted by molar-refractivity contribution is 6.30. The van der Waals surface area contributed by atoms with Crippen LogP contribution in [-0.4, -0.2) is 9.97 Å². The molecule has 0 aliphatic heterocycles. The summed E-state index contributed by atoms with van der Waals surface area (Å²) in [6, 6.07) is 0. The molecule has 1 rings (SSSR count). The van der Waals surface area contributed by atoms with Gasteiger partial charge in [-0.1, -0.05) is 25.4 Å².